The molecule has 0 saturated carbocycles. The predicted octanol–water partition coefficient (Wildman–Crippen LogP) is 3.03. The molecular weight excluding hydrogens is 484 g/mol. The molecule has 5 rings (SSSR count). The molecule has 2 aliphatic heterocycles. The third kappa shape index (κ3) is 4.21. The van der Waals surface area contributed by atoms with Gasteiger partial charge in [0.1, 0.15) is 17.8 Å². The molecule has 2 aromatic carbocycles. The summed E-state index contributed by atoms with van der Waals surface area (Å²) in [4.78, 5) is 25.8. The van der Waals surface area contributed by atoms with Gasteiger partial charge in [0, 0.05) is 17.6 Å². The number of hydrogen-bond donors (Lipinski definition) is 4. The molecule has 0 spiro atoms. The van der Waals surface area contributed by atoms with E-state index >= 15 is 0 Å². The van der Waals surface area contributed by atoms with E-state index in [1.165, 1.54) is 22.9 Å². The third-order valence-corrected chi connectivity index (χ3v) is 6.27. The zero-order valence-corrected chi connectivity index (χ0v) is 19.4. The van der Waals surface area contributed by atoms with Gasteiger partial charge >= 0.3 is 0 Å². The molecule has 2 fully saturated rings. The normalized spacial score (nSPS) is 21.8. The summed E-state index contributed by atoms with van der Waals surface area (Å²) >= 11 is 12.2. The fourth-order valence-corrected chi connectivity index (χ4v) is 4.48. The Morgan fingerprint density at radius 3 is 2.71 bits per heavy atom. The fourth-order valence-electron chi connectivity index (χ4n) is 4.11. The van der Waals surface area contributed by atoms with E-state index in [4.69, 9.17) is 23.2 Å². The highest BCUT2D eigenvalue weighted by atomic mass is 35.5. The fraction of sp³-hybridized carbons (Fsp3) is 0.227. The predicted molar refractivity (Wildman–Crippen MR) is 126 cm³/mol. The van der Waals surface area contributed by atoms with Crippen LogP contribution >= 0.6 is 23.2 Å². The minimum atomic E-state index is -0.754. The maximum atomic E-state index is 13.4. The van der Waals surface area contributed by atoms with Crippen LogP contribution in [0.5, 0.6) is 0 Å². The zero-order chi connectivity index (χ0) is 24.0. The van der Waals surface area contributed by atoms with Crippen LogP contribution in [0, 0.1) is 18.7 Å². The van der Waals surface area contributed by atoms with Crippen molar-refractivity contribution in [1.82, 2.24) is 25.8 Å². The lowest BCUT2D eigenvalue weighted by Gasteiger charge is -2.37. The Morgan fingerprint density at radius 2 is 1.94 bits per heavy atom. The highest BCUT2D eigenvalue weighted by molar-refractivity contribution is 6.36. The van der Waals surface area contributed by atoms with Gasteiger partial charge in [0.05, 0.1) is 27.9 Å². The second-order valence-electron chi connectivity index (χ2n) is 8.03. The average molecular weight is 504 g/mol. The number of hydrogen-bond acceptors (Lipinski definition) is 6. The molecule has 34 heavy (non-hydrogen) atoms. The van der Waals surface area contributed by atoms with Gasteiger partial charge in [0.15, 0.2) is 6.29 Å². The zero-order valence-electron chi connectivity index (χ0n) is 17.8. The summed E-state index contributed by atoms with van der Waals surface area (Å²) in [7, 11) is 0. The molecular formula is C22H20Cl2FN7O2. The Labute approximate surface area is 204 Å². The highest BCUT2D eigenvalue weighted by Crippen LogP contribution is 2.28. The van der Waals surface area contributed by atoms with E-state index in [1.54, 1.807) is 42.3 Å². The topological polar surface area (TPSA) is 103 Å². The second-order valence-corrected chi connectivity index (χ2v) is 8.88. The summed E-state index contributed by atoms with van der Waals surface area (Å²) in [6.45, 7) is 2.18. The van der Waals surface area contributed by atoms with Crippen molar-refractivity contribution in [3.8, 4) is 0 Å². The summed E-state index contributed by atoms with van der Waals surface area (Å²) in [5.41, 5.74) is 4.73. The second kappa shape index (κ2) is 8.88. The molecule has 176 valence electrons. The third-order valence-electron chi connectivity index (χ3n) is 5.71. The lowest BCUT2D eigenvalue weighted by atomic mass is 10.0. The average Bonchev–Trinajstić information content (AvgIpc) is 3.39. The van der Waals surface area contributed by atoms with Gasteiger partial charge in [0.25, 0.3) is 5.91 Å². The van der Waals surface area contributed by atoms with Crippen molar-refractivity contribution in [2.45, 2.75) is 19.4 Å². The van der Waals surface area contributed by atoms with E-state index in [9.17, 15) is 14.0 Å². The van der Waals surface area contributed by atoms with Crippen LogP contribution in [0.25, 0.3) is 0 Å². The summed E-state index contributed by atoms with van der Waals surface area (Å²) in [6.07, 6.45) is -1.19. The first kappa shape index (κ1) is 22.6. The Kier molecular flexibility index (Phi) is 5.90. The van der Waals surface area contributed by atoms with Gasteiger partial charge in [0.2, 0.25) is 5.91 Å². The molecule has 2 amide bonds. The van der Waals surface area contributed by atoms with Crippen LogP contribution in [-0.4, -0.2) is 34.3 Å². The van der Waals surface area contributed by atoms with Crippen molar-refractivity contribution in [1.29, 1.82) is 0 Å². The number of hydrazine groups is 1. The van der Waals surface area contributed by atoms with Crippen LogP contribution in [0.4, 0.5) is 15.9 Å². The van der Waals surface area contributed by atoms with Crippen molar-refractivity contribution in [2.75, 3.05) is 16.9 Å². The quantitative estimate of drug-likeness (QED) is 0.436. The van der Waals surface area contributed by atoms with Crippen molar-refractivity contribution < 1.29 is 14.0 Å². The number of fused-ring (bicyclic) bond motifs is 1. The van der Waals surface area contributed by atoms with Crippen LogP contribution in [-0.2, 0) is 4.79 Å². The van der Waals surface area contributed by atoms with Crippen molar-refractivity contribution in [2.24, 2.45) is 5.92 Å². The van der Waals surface area contributed by atoms with E-state index in [0.29, 0.717) is 28.8 Å². The molecule has 3 unspecified atom stereocenters. The van der Waals surface area contributed by atoms with Gasteiger partial charge in [-0.3, -0.25) is 19.9 Å². The number of anilines is 2. The first-order chi connectivity index (χ1) is 16.3. The van der Waals surface area contributed by atoms with Gasteiger partial charge in [-0.1, -0.05) is 23.2 Å². The Morgan fingerprint density at radius 1 is 1.18 bits per heavy atom. The number of rotatable bonds is 4. The number of benzene rings is 2. The molecule has 3 aromatic rings. The molecule has 9 nitrogen and oxygen atoms in total. The van der Waals surface area contributed by atoms with Crippen molar-refractivity contribution >= 4 is 46.5 Å². The van der Waals surface area contributed by atoms with Crippen molar-refractivity contribution in [3.63, 3.8) is 0 Å². The Bertz CT molecular complexity index is 1270. The number of nitrogens with one attached hydrogen (secondary N) is 4. The molecule has 0 bridgehead atoms. The highest BCUT2D eigenvalue weighted by Gasteiger charge is 2.45. The summed E-state index contributed by atoms with van der Waals surface area (Å²) in [5.74, 6) is -1.03. The Balaban J connectivity index is 1.41. The number of aromatic nitrogens is 2. The minimum absolute atomic E-state index is 0.186. The van der Waals surface area contributed by atoms with Gasteiger partial charge in [-0.05, 0) is 49.4 Å². The van der Waals surface area contributed by atoms with Crippen LogP contribution in [0.2, 0.25) is 10.0 Å². The number of amides is 2. The molecule has 2 aliphatic rings. The van der Waals surface area contributed by atoms with Gasteiger partial charge in [-0.15, -0.1) is 0 Å². The van der Waals surface area contributed by atoms with Gasteiger partial charge in [-0.2, -0.15) is 5.10 Å². The molecule has 3 heterocycles. The van der Waals surface area contributed by atoms with Crippen LogP contribution in [0.3, 0.4) is 0 Å². The first-order valence-electron chi connectivity index (χ1n) is 10.5. The van der Waals surface area contributed by atoms with Crippen molar-refractivity contribution in [3.05, 3.63) is 75.7 Å². The lowest BCUT2D eigenvalue weighted by molar-refractivity contribution is -0.129. The molecule has 0 aliphatic carbocycles. The van der Waals surface area contributed by atoms with E-state index in [-0.39, 0.29) is 28.2 Å². The summed E-state index contributed by atoms with van der Waals surface area (Å²) in [5, 5.41) is 15.9. The Hall–Kier alpha value is -3.18. The molecule has 2 saturated heterocycles. The monoisotopic (exact) mass is 503 g/mol. The lowest BCUT2D eigenvalue weighted by Crippen LogP contribution is -2.61. The molecule has 1 aromatic heterocycles. The smallest absolute Gasteiger partial charge is 0.258 e. The maximum absolute atomic E-state index is 13.4. The molecule has 4 N–H and O–H groups in total. The SMILES string of the molecule is Cc1cc(NC(=O)c2cc(Cl)ccc2Cl)n(C2NC(=O)C3CNN(c4ccc(F)cc4)C3N2)n1. The van der Waals surface area contributed by atoms with E-state index in [2.05, 4.69) is 26.5 Å². The van der Waals surface area contributed by atoms with Gasteiger partial charge < -0.3 is 10.6 Å². The number of aryl methyl sites for hydroxylation is 1. The van der Waals surface area contributed by atoms with E-state index in [1.807, 2.05) is 0 Å². The van der Waals surface area contributed by atoms with Crippen LogP contribution in [0.15, 0.2) is 48.5 Å². The standard InChI is InChI=1S/C22H20Cl2FN7O2/c1-11-8-18(27-20(33)15-9-12(23)2-7-17(15)24)32(30-11)22-28-19-16(21(34)29-22)10-26-31(19)14-5-3-13(25)4-6-14/h2-9,16,19,22,26,28H,10H2,1H3,(H,27,33)(H,29,34). The van der Waals surface area contributed by atoms with Gasteiger partial charge in [-0.25, -0.2) is 14.5 Å². The minimum Gasteiger partial charge on any atom is -0.321 e. The van der Waals surface area contributed by atoms with Crippen LogP contribution in [0.1, 0.15) is 22.3 Å². The van der Waals surface area contributed by atoms with E-state index < -0.39 is 18.4 Å². The molecule has 12 heteroatoms. The molecule has 0 radical (unpaired) electrons. The number of carbonyl (C=O) groups is 2. The summed E-state index contributed by atoms with van der Waals surface area (Å²) < 4.78 is 14.9. The maximum Gasteiger partial charge on any atom is 0.258 e. The first-order valence-corrected chi connectivity index (χ1v) is 11.2. The summed E-state index contributed by atoms with van der Waals surface area (Å²) in [6, 6.07) is 12.3. The number of nitrogens with zero attached hydrogens (tertiary/aromatic N) is 3. The number of carbonyl (C=O) groups excluding carboxylic acids is 2. The number of halogens is 3. The van der Waals surface area contributed by atoms with E-state index in [0.717, 1.165) is 0 Å². The largest absolute Gasteiger partial charge is 0.321 e. The van der Waals surface area contributed by atoms with Crippen LogP contribution < -0.4 is 26.4 Å². The molecule has 3 atom stereocenters.